The van der Waals surface area contributed by atoms with E-state index >= 15 is 0 Å². The normalized spacial score (nSPS) is 9.17. The second kappa shape index (κ2) is 3.95. The summed E-state index contributed by atoms with van der Waals surface area (Å²) in [7, 11) is 0. The molecule has 1 heterocycles. The van der Waals surface area contributed by atoms with Gasteiger partial charge in [0.1, 0.15) is 5.15 Å². The number of pyridine rings is 1. The van der Waals surface area contributed by atoms with Gasteiger partial charge in [0.05, 0.1) is 6.54 Å². The van der Waals surface area contributed by atoms with E-state index in [1.165, 1.54) is 0 Å². The molecule has 1 rings (SSSR count). The molecule has 0 radical (unpaired) electrons. The molecule has 5 heteroatoms. The largest absolute Gasteiger partial charge is 0.241 e. The summed E-state index contributed by atoms with van der Waals surface area (Å²) in [5, 5.41) is 3.81. The molecule has 62 valence electrons. The van der Waals surface area contributed by atoms with Crippen molar-refractivity contribution < 1.29 is 0 Å². The summed E-state index contributed by atoms with van der Waals surface area (Å²) in [6.45, 7) is 2.16. The Hall–Kier alpha value is -1.25. The Balaban J connectivity index is 2.92. The van der Waals surface area contributed by atoms with Crippen LogP contribution < -0.4 is 0 Å². The van der Waals surface area contributed by atoms with Gasteiger partial charge in [0.15, 0.2) is 0 Å². The average molecular weight is 183 g/mol. The van der Waals surface area contributed by atoms with Crippen LogP contribution in [0.25, 0.3) is 10.4 Å². The molecule has 0 fully saturated rings. The minimum Gasteiger partial charge on any atom is -0.241 e. The van der Waals surface area contributed by atoms with Gasteiger partial charge in [0.25, 0.3) is 0 Å². The molecular formula is C7H7ClN4. The molecule has 0 bridgehead atoms. The summed E-state index contributed by atoms with van der Waals surface area (Å²) in [6, 6.07) is 3.59. The predicted molar refractivity (Wildman–Crippen MR) is 46.8 cm³/mol. The highest BCUT2D eigenvalue weighted by molar-refractivity contribution is 6.29. The summed E-state index contributed by atoms with van der Waals surface area (Å²) in [5.41, 5.74) is 9.77. The van der Waals surface area contributed by atoms with Crippen LogP contribution in [0.1, 0.15) is 11.3 Å². The van der Waals surface area contributed by atoms with Crippen molar-refractivity contribution in [3.8, 4) is 0 Å². The monoisotopic (exact) mass is 182 g/mol. The van der Waals surface area contributed by atoms with Gasteiger partial charge in [0, 0.05) is 10.6 Å². The second-order valence-electron chi connectivity index (χ2n) is 2.35. The van der Waals surface area contributed by atoms with Gasteiger partial charge < -0.3 is 0 Å². The lowest BCUT2D eigenvalue weighted by Gasteiger charge is -1.97. The fourth-order valence-corrected chi connectivity index (χ4v) is 1.16. The van der Waals surface area contributed by atoms with E-state index in [0.29, 0.717) is 10.8 Å². The second-order valence-corrected chi connectivity index (χ2v) is 2.73. The molecule has 0 aliphatic rings. The van der Waals surface area contributed by atoms with E-state index in [1.807, 2.05) is 13.0 Å². The van der Waals surface area contributed by atoms with Crippen molar-refractivity contribution in [1.29, 1.82) is 0 Å². The number of hydrogen-bond donors (Lipinski definition) is 0. The van der Waals surface area contributed by atoms with Crippen molar-refractivity contribution in [2.75, 3.05) is 0 Å². The highest BCUT2D eigenvalue weighted by Crippen LogP contribution is 2.10. The van der Waals surface area contributed by atoms with Crippen molar-refractivity contribution in [2.45, 2.75) is 13.5 Å². The van der Waals surface area contributed by atoms with Crippen LogP contribution >= 0.6 is 11.6 Å². The third-order valence-corrected chi connectivity index (χ3v) is 1.48. The number of aromatic nitrogens is 1. The molecule has 0 aliphatic heterocycles. The number of nitrogens with zero attached hydrogens (tertiary/aromatic N) is 4. The van der Waals surface area contributed by atoms with E-state index in [2.05, 4.69) is 15.0 Å². The van der Waals surface area contributed by atoms with Gasteiger partial charge in [-0.3, -0.25) is 0 Å². The van der Waals surface area contributed by atoms with E-state index in [4.69, 9.17) is 17.1 Å². The molecule has 0 atom stereocenters. The lowest BCUT2D eigenvalue weighted by Crippen LogP contribution is -1.88. The number of halogens is 1. The van der Waals surface area contributed by atoms with Crippen molar-refractivity contribution in [1.82, 2.24) is 4.98 Å². The van der Waals surface area contributed by atoms with Crippen LogP contribution in [0.5, 0.6) is 0 Å². The maximum Gasteiger partial charge on any atom is 0.129 e. The minimum atomic E-state index is 0.248. The molecule has 0 saturated carbocycles. The molecule has 0 saturated heterocycles. The number of azide groups is 1. The Kier molecular flexibility index (Phi) is 2.91. The summed E-state index contributed by atoms with van der Waals surface area (Å²) in [5.74, 6) is 0. The van der Waals surface area contributed by atoms with Crippen molar-refractivity contribution in [3.05, 3.63) is 39.0 Å². The van der Waals surface area contributed by atoms with Gasteiger partial charge in [-0.2, -0.15) is 0 Å². The number of hydrogen-bond acceptors (Lipinski definition) is 2. The summed E-state index contributed by atoms with van der Waals surface area (Å²) in [6.07, 6.45) is 0. The molecule has 4 nitrogen and oxygen atoms in total. The highest BCUT2D eigenvalue weighted by atomic mass is 35.5. The Labute approximate surface area is 74.8 Å². The lowest BCUT2D eigenvalue weighted by molar-refractivity contribution is 0.971. The Bertz CT molecular complexity index is 310. The fourth-order valence-electron chi connectivity index (χ4n) is 0.879. The molecule has 1 aromatic rings. The van der Waals surface area contributed by atoms with E-state index in [0.717, 1.165) is 5.56 Å². The standard InChI is InChI=1S/C7H7ClN4/c1-5-2-6(4-10-12-9)11-7(8)3-5/h2-3H,4H2,1H3. The lowest BCUT2D eigenvalue weighted by atomic mass is 10.2. The van der Waals surface area contributed by atoms with Gasteiger partial charge in [-0.1, -0.05) is 16.7 Å². The molecule has 0 aliphatic carbocycles. The van der Waals surface area contributed by atoms with Crippen LogP contribution in [0.15, 0.2) is 17.2 Å². The molecule has 0 N–H and O–H groups in total. The zero-order valence-electron chi connectivity index (χ0n) is 6.53. The molecule has 1 aromatic heterocycles. The van der Waals surface area contributed by atoms with Crippen LogP contribution in [0.3, 0.4) is 0 Å². The summed E-state index contributed by atoms with van der Waals surface area (Å²) >= 11 is 5.68. The minimum absolute atomic E-state index is 0.248. The van der Waals surface area contributed by atoms with Crippen molar-refractivity contribution in [3.63, 3.8) is 0 Å². The van der Waals surface area contributed by atoms with E-state index in [-0.39, 0.29) is 6.54 Å². The molecule has 12 heavy (non-hydrogen) atoms. The number of aryl methyl sites for hydroxylation is 1. The maximum atomic E-state index is 8.06. The van der Waals surface area contributed by atoms with Crippen LogP contribution in [0.4, 0.5) is 0 Å². The summed E-state index contributed by atoms with van der Waals surface area (Å²) in [4.78, 5) is 6.60. The van der Waals surface area contributed by atoms with Crippen LogP contribution in [-0.4, -0.2) is 4.98 Å². The van der Waals surface area contributed by atoms with Gasteiger partial charge in [-0.15, -0.1) is 0 Å². The maximum absolute atomic E-state index is 8.06. The van der Waals surface area contributed by atoms with Gasteiger partial charge in [0.2, 0.25) is 0 Å². The molecule has 0 unspecified atom stereocenters. The van der Waals surface area contributed by atoms with Gasteiger partial charge in [-0.25, -0.2) is 4.98 Å². The molecule has 0 amide bonds. The first-order valence-corrected chi connectivity index (χ1v) is 3.74. The van der Waals surface area contributed by atoms with Gasteiger partial charge in [-0.05, 0) is 30.2 Å². The topological polar surface area (TPSA) is 61.7 Å². The average Bonchev–Trinajstić information content (AvgIpc) is 1.99. The first-order chi connectivity index (χ1) is 5.72. The third kappa shape index (κ3) is 2.42. The highest BCUT2D eigenvalue weighted by Gasteiger charge is 1.96. The van der Waals surface area contributed by atoms with Crippen molar-refractivity contribution in [2.24, 2.45) is 5.11 Å². The summed E-state index contributed by atoms with van der Waals surface area (Å²) < 4.78 is 0. The SMILES string of the molecule is Cc1cc(Cl)nc(CN=[N+]=[N-])c1. The smallest absolute Gasteiger partial charge is 0.129 e. The van der Waals surface area contributed by atoms with Crippen LogP contribution in [0, 0.1) is 6.92 Å². The Morgan fingerprint density at radius 1 is 1.67 bits per heavy atom. The zero-order chi connectivity index (χ0) is 8.97. The first kappa shape index (κ1) is 8.84. The molecule has 0 aromatic carbocycles. The van der Waals surface area contributed by atoms with Crippen LogP contribution in [-0.2, 0) is 6.54 Å². The molecule has 0 spiro atoms. The van der Waals surface area contributed by atoms with E-state index in [1.54, 1.807) is 6.07 Å². The van der Waals surface area contributed by atoms with Gasteiger partial charge >= 0.3 is 0 Å². The third-order valence-electron chi connectivity index (χ3n) is 1.29. The van der Waals surface area contributed by atoms with E-state index < -0.39 is 0 Å². The van der Waals surface area contributed by atoms with E-state index in [9.17, 15) is 0 Å². The number of rotatable bonds is 2. The fraction of sp³-hybridized carbons (Fsp3) is 0.286. The Morgan fingerprint density at radius 3 is 3.00 bits per heavy atom. The quantitative estimate of drug-likeness (QED) is 0.300. The Morgan fingerprint density at radius 2 is 2.42 bits per heavy atom. The molecular weight excluding hydrogens is 176 g/mol. The van der Waals surface area contributed by atoms with Crippen molar-refractivity contribution >= 4 is 11.6 Å². The zero-order valence-corrected chi connectivity index (χ0v) is 7.28. The van der Waals surface area contributed by atoms with Crippen LogP contribution in [0.2, 0.25) is 5.15 Å². The predicted octanol–water partition coefficient (Wildman–Crippen LogP) is 2.85. The first-order valence-electron chi connectivity index (χ1n) is 3.36.